The van der Waals surface area contributed by atoms with Gasteiger partial charge in [-0.15, -0.1) is 0 Å². The first kappa shape index (κ1) is 25.4. The molecule has 0 saturated heterocycles. The maximum absolute atomic E-state index is 13.6. The summed E-state index contributed by atoms with van der Waals surface area (Å²) in [5.41, 5.74) is -2.40. The molecule has 2 unspecified atom stereocenters. The van der Waals surface area contributed by atoms with E-state index in [1.54, 1.807) is 0 Å². The van der Waals surface area contributed by atoms with Crippen LogP contribution in [-0.4, -0.2) is 68.8 Å². The molecule has 3 rings (SSSR count). The molecule has 1 aromatic carbocycles. The van der Waals surface area contributed by atoms with Crippen molar-refractivity contribution in [2.45, 2.75) is 39.2 Å². The van der Waals surface area contributed by atoms with Crippen molar-refractivity contribution < 1.29 is 49.1 Å². The van der Waals surface area contributed by atoms with Gasteiger partial charge >= 0.3 is 5.97 Å². The Labute approximate surface area is 198 Å². The van der Waals surface area contributed by atoms with E-state index in [9.17, 15) is 34.2 Å². The van der Waals surface area contributed by atoms with Crippen LogP contribution in [-0.2, 0) is 24.6 Å². The van der Waals surface area contributed by atoms with Crippen LogP contribution in [0.1, 0.15) is 42.3 Å². The lowest BCUT2D eigenvalue weighted by molar-refractivity contribution is -0.142. The van der Waals surface area contributed by atoms with Crippen molar-refractivity contribution in [1.29, 1.82) is 0 Å². The molecule has 1 aliphatic carbocycles. The summed E-state index contributed by atoms with van der Waals surface area (Å²) in [6.07, 6.45) is 1.03. The molecule has 0 bridgehead atoms. The lowest BCUT2D eigenvalue weighted by Crippen LogP contribution is -2.47. The fraction of sp³-hybridized carbons (Fsp3) is 0.348. The highest BCUT2D eigenvalue weighted by Crippen LogP contribution is 2.57. The van der Waals surface area contributed by atoms with Crippen molar-refractivity contribution in [3.05, 3.63) is 39.8 Å². The van der Waals surface area contributed by atoms with Gasteiger partial charge in [-0.2, -0.15) is 0 Å². The molecule has 1 aliphatic heterocycles. The summed E-state index contributed by atoms with van der Waals surface area (Å²) in [6.45, 7) is 3.97. The van der Waals surface area contributed by atoms with E-state index in [1.165, 1.54) is 27.7 Å². The molecule has 1 aromatic rings. The third kappa shape index (κ3) is 3.91. The van der Waals surface area contributed by atoms with Gasteiger partial charge < -0.3 is 35.8 Å². The zero-order valence-electron chi connectivity index (χ0n) is 19.3. The van der Waals surface area contributed by atoms with Gasteiger partial charge in [0, 0.05) is 17.3 Å². The number of hydrogen-bond acceptors (Lipinski definition) is 10. The lowest BCUT2D eigenvalue weighted by Gasteiger charge is -2.29. The van der Waals surface area contributed by atoms with Crippen molar-refractivity contribution in [3.63, 3.8) is 0 Å². The van der Waals surface area contributed by atoms with Crippen LogP contribution in [0.4, 0.5) is 0 Å². The zero-order valence-corrected chi connectivity index (χ0v) is 19.3. The number of benzene rings is 1. The van der Waals surface area contributed by atoms with Gasteiger partial charge in [-0.3, -0.25) is 19.2 Å². The van der Waals surface area contributed by atoms with Gasteiger partial charge in [0.15, 0.2) is 17.3 Å². The molecule has 186 valence electrons. The molecule has 1 heterocycles. The van der Waals surface area contributed by atoms with E-state index in [4.69, 9.17) is 14.9 Å². The first-order chi connectivity index (χ1) is 16.3. The van der Waals surface area contributed by atoms with Crippen LogP contribution in [0.25, 0.3) is 0 Å². The minimum Gasteiger partial charge on any atom is -0.507 e. The number of nitrogens with one attached hydrogen (secondary N) is 2. The molecule has 6 N–H and O–H groups in total. The molecule has 0 spiro atoms. The number of ether oxygens (including phenoxy) is 1. The van der Waals surface area contributed by atoms with Crippen molar-refractivity contribution >= 4 is 29.2 Å². The van der Waals surface area contributed by atoms with Gasteiger partial charge in [0.05, 0.1) is 24.3 Å². The second-order valence-electron chi connectivity index (χ2n) is 8.38. The number of aliphatic carboxylic acids is 1. The van der Waals surface area contributed by atoms with Crippen molar-refractivity contribution in [2.24, 2.45) is 0 Å². The van der Waals surface area contributed by atoms with E-state index in [0.717, 1.165) is 6.08 Å². The third-order valence-corrected chi connectivity index (χ3v) is 6.09. The highest BCUT2D eigenvalue weighted by Gasteiger charge is 2.56. The molecule has 0 saturated carbocycles. The number of carbonyl (C=O) groups excluding carboxylic acids is 4. The number of ketones is 3. The summed E-state index contributed by atoms with van der Waals surface area (Å²) in [5.74, 6) is -5.69. The van der Waals surface area contributed by atoms with Crippen LogP contribution in [0.2, 0.25) is 0 Å². The van der Waals surface area contributed by atoms with Gasteiger partial charge in [-0.1, -0.05) is 0 Å². The summed E-state index contributed by atoms with van der Waals surface area (Å²) >= 11 is 0. The number of Topliss-reactive ketones (excluding diaryl/α,β-unsaturated/α-hetero) is 2. The quantitative estimate of drug-likeness (QED) is 0.167. The van der Waals surface area contributed by atoms with Gasteiger partial charge in [0.1, 0.15) is 40.0 Å². The van der Waals surface area contributed by atoms with Crippen LogP contribution in [0.3, 0.4) is 0 Å². The minimum atomic E-state index is -1.71. The standard InChI is InChI=1S/C23H24N2O10/c1-8-18(30)16(10(3)27)20-17(19(8)31)23(4)13(35-20)5-12(28)15(21(23)32)9(2)24-6-14(29)25-11(7-26)22(33)34/h5,11,24,26,30-31H,6-7H2,1-4H3,(H,25,29)(H,33,34). The average Bonchev–Trinajstić information content (AvgIpc) is 3.07. The van der Waals surface area contributed by atoms with E-state index in [1.807, 2.05) is 0 Å². The van der Waals surface area contributed by atoms with Crippen LogP contribution in [0, 0.1) is 6.92 Å². The van der Waals surface area contributed by atoms with Gasteiger partial charge in [0.2, 0.25) is 5.91 Å². The summed E-state index contributed by atoms with van der Waals surface area (Å²) in [5, 5.41) is 43.8. The topological polar surface area (TPSA) is 200 Å². The molecule has 0 aromatic heterocycles. The normalized spacial score (nSPS) is 20.8. The number of carbonyl (C=O) groups is 5. The van der Waals surface area contributed by atoms with Gasteiger partial charge in [-0.05, 0) is 27.7 Å². The number of carboxylic acids is 1. The predicted octanol–water partition coefficient (Wildman–Crippen LogP) is -0.280. The summed E-state index contributed by atoms with van der Waals surface area (Å²) in [7, 11) is 0. The van der Waals surface area contributed by atoms with Crippen LogP contribution in [0.5, 0.6) is 17.2 Å². The monoisotopic (exact) mass is 488 g/mol. The largest absolute Gasteiger partial charge is 0.507 e. The molecule has 0 fully saturated rings. The molecule has 0 radical (unpaired) electrons. The van der Waals surface area contributed by atoms with E-state index in [0.29, 0.717) is 0 Å². The second-order valence-corrected chi connectivity index (χ2v) is 8.38. The number of rotatable bonds is 7. The van der Waals surface area contributed by atoms with E-state index >= 15 is 0 Å². The Morgan fingerprint density at radius 1 is 1.14 bits per heavy atom. The van der Waals surface area contributed by atoms with Crippen molar-refractivity contribution in [1.82, 2.24) is 10.6 Å². The fourth-order valence-electron chi connectivity index (χ4n) is 4.09. The highest BCUT2D eigenvalue weighted by atomic mass is 16.5. The molecule has 2 aliphatic rings. The number of amides is 1. The molecule has 1 amide bonds. The molecule has 35 heavy (non-hydrogen) atoms. The number of phenols is 2. The molecule has 12 nitrogen and oxygen atoms in total. The number of hydrogen-bond donors (Lipinski definition) is 6. The number of fused-ring (bicyclic) bond motifs is 3. The van der Waals surface area contributed by atoms with E-state index in [-0.39, 0.29) is 39.5 Å². The third-order valence-electron chi connectivity index (χ3n) is 6.09. The first-order valence-electron chi connectivity index (χ1n) is 10.4. The first-order valence-corrected chi connectivity index (χ1v) is 10.4. The maximum atomic E-state index is 13.6. The number of aliphatic hydroxyl groups is 1. The van der Waals surface area contributed by atoms with Gasteiger partial charge in [0.25, 0.3) is 0 Å². The molecular weight excluding hydrogens is 464 g/mol. The number of phenolic OH excluding ortho intramolecular Hbond substituents is 2. The number of aromatic hydroxyl groups is 2. The summed E-state index contributed by atoms with van der Waals surface area (Å²) in [4.78, 5) is 61.6. The molecule has 2 atom stereocenters. The molecule has 12 heteroatoms. The lowest BCUT2D eigenvalue weighted by atomic mass is 9.70. The number of allylic oxidation sites excluding steroid dienone is 4. The Balaban J connectivity index is 2.02. The Kier molecular flexibility index (Phi) is 6.45. The maximum Gasteiger partial charge on any atom is 0.328 e. The number of aliphatic hydroxyl groups excluding tert-OH is 1. The van der Waals surface area contributed by atoms with Crippen LogP contribution >= 0.6 is 0 Å². The highest BCUT2D eigenvalue weighted by molar-refractivity contribution is 6.31. The van der Waals surface area contributed by atoms with Crippen molar-refractivity contribution in [3.8, 4) is 17.2 Å². The fourth-order valence-corrected chi connectivity index (χ4v) is 4.09. The predicted molar refractivity (Wildman–Crippen MR) is 118 cm³/mol. The smallest absolute Gasteiger partial charge is 0.328 e. The number of carboxylic acid groups (broad SMARTS) is 1. The zero-order chi connectivity index (χ0) is 26.4. The van der Waals surface area contributed by atoms with Crippen molar-refractivity contribution in [2.75, 3.05) is 13.2 Å². The SMILES string of the molecule is CC(=O)c1c(O)c(C)c(O)c2c1OC1=CC(=O)C(=C(C)NCC(=O)NC(CO)C(=O)O)C(=O)C12C. The second kappa shape index (κ2) is 8.87. The summed E-state index contributed by atoms with van der Waals surface area (Å²) in [6, 6.07) is -1.52. The minimum absolute atomic E-state index is 0.00206. The Morgan fingerprint density at radius 3 is 2.31 bits per heavy atom. The molecular formula is C23H24N2O10. The summed E-state index contributed by atoms with van der Waals surface area (Å²) < 4.78 is 5.66. The van der Waals surface area contributed by atoms with E-state index in [2.05, 4.69) is 10.6 Å². The van der Waals surface area contributed by atoms with Crippen LogP contribution < -0.4 is 15.4 Å². The van der Waals surface area contributed by atoms with Crippen LogP contribution in [0.15, 0.2) is 23.1 Å². The average molecular weight is 488 g/mol. The van der Waals surface area contributed by atoms with E-state index < -0.39 is 65.3 Å². The Hall–Kier alpha value is -4.19. The Morgan fingerprint density at radius 2 is 1.77 bits per heavy atom. The Bertz CT molecular complexity index is 1260. The van der Waals surface area contributed by atoms with Gasteiger partial charge in [-0.25, -0.2) is 4.79 Å².